The minimum atomic E-state index is -1.26. The Balaban J connectivity index is 2.14. The number of amides is 4. The van der Waals surface area contributed by atoms with E-state index in [1.807, 2.05) is 13.0 Å². The zero-order valence-electron chi connectivity index (χ0n) is 21.1. The van der Waals surface area contributed by atoms with Gasteiger partial charge in [-0.15, -0.1) is 0 Å². The van der Waals surface area contributed by atoms with Crippen LogP contribution in [0.3, 0.4) is 0 Å². The molecule has 1 aromatic carbocycles. The molecule has 0 radical (unpaired) electrons. The maximum Gasteiger partial charge on any atom is 0.305 e. The van der Waals surface area contributed by atoms with Crippen LogP contribution in [0.5, 0.6) is 5.75 Å². The highest BCUT2D eigenvalue weighted by atomic mass is 16.5. The number of nitrogens with zero attached hydrogens (tertiary/aromatic N) is 1. The van der Waals surface area contributed by atoms with Gasteiger partial charge in [0.2, 0.25) is 23.6 Å². The van der Waals surface area contributed by atoms with Crippen molar-refractivity contribution in [3.63, 3.8) is 0 Å². The average molecular weight is 519 g/mol. The van der Waals surface area contributed by atoms with Gasteiger partial charge in [0.05, 0.1) is 25.6 Å². The summed E-state index contributed by atoms with van der Waals surface area (Å²) in [7, 11) is 0. The summed E-state index contributed by atoms with van der Waals surface area (Å²) in [6.07, 6.45) is -0.119. The zero-order valence-corrected chi connectivity index (χ0v) is 21.1. The molecule has 1 saturated heterocycles. The summed E-state index contributed by atoms with van der Waals surface area (Å²) in [6.45, 7) is 4.57. The molecule has 2 rings (SSSR count). The van der Waals surface area contributed by atoms with Gasteiger partial charge in [-0.3, -0.25) is 24.0 Å². The SMILES string of the molecule is CC[C@H](C)[C@H](NC(C)=O)C(=O)NCC(=O)N1C[C@@H](Oc2ccccc2)C[C@H]1C(=O)N[C@H](C=O)CC(=O)O. The topological polar surface area (TPSA) is 171 Å². The van der Waals surface area contributed by atoms with Crippen LogP contribution >= 0.6 is 0 Å². The highest BCUT2D eigenvalue weighted by Gasteiger charge is 2.41. The monoisotopic (exact) mass is 518 g/mol. The van der Waals surface area contributed by atoms with E-state index in [0.717, 1.165) is 0 Å². The summed E-state index contributed by atoms with van der Waals surface area (Å²) in [4.78, 5) is 73.8. The number of benzene rings is 1. The Morgan fingerprint density at radius 3 is 2.41 bits per heavy atom. The molecule has 1 aliphatic heterocycles. The number of aliphatic carboxylic acids is 1. The van der Waals surface area contributed by atoms with Gasteiger partial charge in [0, 0.05) is 13.3 Å². The molecule has 0 aromatic heterocycles. The molecule has 202 valence electrons. The van der Waals surface area contributed by atoms with Crippen molar-refractivity contribution in [3.05, 3.63) is 30.3 Å². The van der Waals surface area contributed by atoms with Crippen LogP contribution in [-0.2, 0) is 28.8 Å². The van der Waals surface area contributed by atoms with E-state index in [1.165, 1.54) is 11.8 Å². The molecule has 0 bridgehead atoms. The van der Waals surface area contributed by atoms with Gasteiger partial charge < -0.3 is 35.5 Å². The Morgan fingerprint density at radius 1 is 1.16 bits per heavy atom. The number of carbonyl (C=O) groups excluding carboxylic acids is 5. The summed E-state index contributed by atoms with van der Waals surface area (Å²) in [5.74, 6) is -3.08. The van der Waals surface area contributed by atoms with E-state index in [2.05, 4.69) is 16.0 Å². The molecule has 12 heteroatoms. The second-order valence-electron chi connectivity index (χ2n) is 8.98. The lowest BCUT2D eigenvalue weighted by Crippen LogP contribution is -2.54. The molecular formula is C25H34N4O8. The van der Waals surface area contributed by atoms with Crippen molar-refractivity contribution < 1.29 is 38.6 Å². The molecule has 0 unspecified atom stereocenters. The Bertz CT molecular complexity index is 986. The number of rotatable bonds is 13. The molecule has 1 heterocycles. The number of nitrogens with one attached hydrogen (secondary N) is 3. The standard InChI is InChI=1S/C25H34N4O8/c1-4-15(2)23(27-16(3)31)25(36)26-12-21(32)29-13-19(37-18-8-6-5-7-9-18)11-20(29)24(35)28-17(14-30)10-22(33)34/h5-9,14-15,17,19-20,23H,4,10-13H2,1-3H3,(H,26,36)(H,27,31)(H,28,35)(H,33,34)/t15-,17-,19-,20-,23-/m0/s1. The maximum absolute atomic E-state index is 13.1. The van der Waals surface area contributed by atoms with Crippen molar-refractivity contribution in [2.75, 3.05) is 13.1 Å². The smallest absolute Gasteiger partial charge is 0.305 e. The van der Waals surface area contributed by atoms with Gasteiger partial charge >= 0.3 is 5.97 Å². The number of carboxylic acid groups (broad SMARTS) is 1. The molecule has 1 aromatic rings. The molecule has 4 amide bonds. The number of carboxylic acids is 1. The van der Waals surface area contributed by atoms with Crippen LogP contribution in [0.2, 0.25) is 0 Å². The molecule has 0 saturated carbocycles. The van der Waals surface area contributed by atoms with Crippen LogP contribution in [0.1, 0.15) is 40.0 Å². The van der Waals surface area contributed by atoms with Gasteiger partial charge in [-0.2, -0.15) is 0 Å². The maximum atomic E-state index is 13.1. The first-order valence-electron chi connectivity index (χ1n) is 12.1. The Labute approximate surface area is 215 Å². The van der Waals surface area contributed by atoms with Gasteiger partial charge in [-0.1, -0.05) is 38.5 Å². The number of hydrogen-bond donors (Lipinski definition) is 4. The van der Waals surface area contributed by atoms with Crippen molar-refractivity contribution in [1.82, 2.24) is 20.9 Å². The van der Waals surface area contributed by atoms with Gasteiger partial charge in [-0.25, -0.2) is 0 Å². The molecule has 1 fully saturated rings. The Morgan fingerprint density at radius 2 is 1.84 bits per heavy atom. The lowest BCUT2D eigenvalue weighted by Gasteiger charge is -2.26. The van der Waals surface area contributed by atoms with Gasteiger partial charge in [0.25, 0.3) is 0 Å². The number of ether oxygens (including phenoxy) is 1. The minimum Gasteiger partial charge on any atom is -0.488 e. The lowest BCUT2D eigenvalue weighted by atomic mass is 9.98. The molecule has 5 atom stereocenters. The second-order valence-corrected chi connectivity index (χ2v) is 8.98. The minimum absolute atomic E-state index is 0.0346. The van der Waals surface area contributed by atoms with E-state index in [9.17, 15) is 28.8 Å². The number of carbonyl (C=O) groups is 6. The predicted molar refractivity (Wildman–Crippen MR) is 131 cm³/mol. The van der Waals surface area contributed by atoms with Crippen LogP contribution in [0, 0.1) is 5.92 Å². The van der Waals surface area contributed by atoms with E-state index in [1.54, 1.807) is 31.2 Å². The molecular weight excluding hydrogens is 484 g/mol. The van der Waals surface area contributed by atoms with Gasteiger partial charge in [-0.05, 0) is 18.1 Å². The molecule has 37 heavy (non-hydrogen) atoms. The van der Waals surface area contributed by atoms with Crippen molar-refractivity contribution >= 4 is 35.9 Å². The predicted octanol–water partition coefficient (Wildman–Crippen LogP) is -0.140. The average Bonchev–Trinajstić information content (AvgIpc) is 3.28. The van der Waals surface area contributed by atoms with Crippen LogP contribution in [-0.4, -0.2) is 83.2 Å². The third-order valence-electron chi connectivity index (χ3n) is 6.09. The quantitative estimate of drug-likeness (QED) is 0.261. The van der Waals surface area contributed by atoms with Crippen molar-refractivity contribution in [3.8, 4) is 5.75 Å². The van der Waals surface area contributed by atoms with Crippen molar-refractivity contribution in [2.24, 2.45) is 5.92 Å². The molecule has 0 aliphatic carbocycles. The number of hydrogen-bond acceptors (Lipinski definition) is 7. The number of para-hydroxylation sites is 1. The van der Waals surface area contributed by atoms with E-state index >= 15 is 0 Å². The number of aldehydes is 1. The van der Waals surface area contributed by atoms with Gasteiger partial charge in [0.15, 0.2) is 0 Å². The summed E-state index contributed by atoms with van der Waals surface area (Å²) in [5.41, 5.74) is 0. The molecule has 4 N–H and O–H groups in total. The van der Waals surface area contributed by atoms with Crippen LogP contribution in [0.15, 0.2) is 30.3 Å². The first-order valence-corrected chi connectivity index (χ1v) is 12.1. The highest BCUT2D eigenvalue weighted by molar-refractivity contribution is 5.93. The first-order chi connectivity index (χ1) is 17.5. The van der Waals surface area contributed by atoms with E-state index in [4.69, 9.17) is 9.84 Å². The van der Waals surface area contributed by atoms with Crippen molar-refractivity contribution in [2.45, 2.75) is 64.3 Å². The van der Waals surface area contributed by atoms with E-state index in [-0.39, 0.29) is 24.8 Å². The summed E-state index contributed by atoms with van der Waals surface area (Å²) < 4.78 is 5.91. The highest BCUT2D eigenvalue weighted by Crippen LogP contribution is 2.23. The Hall–Kier alpha value is -3.96. The van der Waals surface area contributed by atoms with Crippen LogP contribution in [0.4, 0.5) is 0 Å². The normalized spacial score (nSPS) is 19.2. The van der Waals surface area contributed by atoms with Crippen LogP contribution < -0.4 is 20.7 Å². The lowest BCUT2D eigenvalue weighted by molar-refractivity contribution is -0.141. The fourth-order valence-electron chi connectivity index (χ4n) is 3.99. The van der Waals surface area contributed by atoms with Crippen molar-refractivity contribution in [1.29, 1.82) is 0 Å². The summed E-state index contributed by atoms with van der Waals surface area (Å²) in [5, 5.41) is 16.4. The summed E-state index contributed by atoms with van der Waals surface area (Å²) in [6, 6.07) is 5.68. The zero-order chi connectivity index (χ0) is 27.5. The summed E-state index contributed by atoms with van der Waals surface area (Å²) >= 11 is 0. The Kier molecular flexibility index (Phi) is 11.0. The molecule has 12 nitrogen and oxygen atoms in total. The second kappa shape index (κ2) is 14.0. The molecule has 1 aliphatic rings. The number of likely N-dealkylation sites (tertiary alicyclic amines) is 1. The van der Waals surface area contributed by atoms with Gasteiger partial charge in [0.1, 0.15) is 30.2 Å². The van der Waals surface area contributed by atoms with E-state index < -0.39 is 60.9 Å². The van der Waals surface area contributed by atoms with Crippen LogP contribution in [0.25, 0.3) is 0 Å². The third kappa shape index (κ3) is 8.89. The fraction of sp³-hybridized carbons (Fsp3) is 0.520. The first kappa shape index (κ1) is 29.3. The van der Waals surface area contributed by atoms with E-state index in [0.29, 0.717) is 18.5 Å². The fourth-order valence-corrected chi connectivity index (χ4v) is 3.99. The largest absolute Gasteiger partial charge is 0.488 e. The molecule has 0 spiro atoms. The third-order valence-corrected chi connectivity index (χ3v) is 6.09.